The molecule has 1 fully saturated rings. The summed E-state index contributed by atoms with van der Waals surface area (Å²) in [6, 6.07) is 8.45. The number of pyridine rings is 1. The number of rotatable bonds is 7. The first-order valence-corrected chi connectivity index (χ1v) is 13.5. The first-order valence-electron chi connectivity index (χ1n) is 13.5. The van der Waals surface area contributed by atoms with Crippen LogP contribution in [0.1, 0.15) is 44.0 Å². The first kappa shape index (κ1) is 23.6. The number of aryl methyl sites for hydroxylation is 3. The van der Waals surface area contributed by atoms with Crippen LogP contribution < -0.4 is 4.74 Å². The predicted molar refractivity (Wildman–Crippen MR) is 150 cm³/mol. The zero-order valence-corrected chi connectivity index (χ0v) is 22.9. The van der Waals surface area contributed by atoms with Crippen molar-refractivity contribution in [3.05, 3.63) is 54.2 Å². The van der Waals surface area contributed by atoms with Crippen molar-refractivity contribution in [3.8, 4) is 34.2 Å². The van der Waals surface area contributed by atoms with E-state index in [-0.39, 0.29) is 0 Å². The van der Waals surface area contributed by atoms with Crippen LogP contribution >= 0.6 is 0 Å². The van der Waals surface area contributed by atoms with Gasteiger partial charge in [-0.2, -0.15) is 10.2 Å². The molecule has 0 aliphatic heterocycles. The molecule has 7 rings (SSSR count). The van der Waals surface area contributed by atoms with Crippen LogP contribution in [0.15, 0.2) is 42.9 Å². The van der Waals surface area contributed by atoms with Gasteiger partial charge in [0.25, 0.3) is 5.88 Å². The summed E-state index contributed by atoms with van der Waals surface area (Å²) >= 11 is 0. The van der Waals surface area contributed by atoms with E-state index in [0.717, 1.165) is 62.4 Å². The van der Waals surface area contributed by atoms with Gasteiger partial charge in [0.05, 0.1) is 29.7 Å². The Bertz CT molecular complexity index is 1860. The summed E-state index contributed by atoms with van der Waals surface area (Å²) in [6.07, 6.45) is 9.17. The minimum atomic E-state index is 0.500. The van der Waals surface area contributed by atoms with Gasteiger partial charge in [-0.3, -0.25) is 9.36 Å². The highest BCUT2D eigenvalue weighted by Crippen LogP contribution is 2.47. The fraction of sp³-hybridized carbons (Fsp3) is 0.345. The van der Waals surface area contributed by atoms with Crippen LogP contribution in [0.5, 0.6) is 5.88 Å². The Morgan fingerprint density at radius 3 is 2.51 bits per heavy atom. The molecule has 1 saturated carbocycles. The second-order valence-electron chi connectivity index (χ2n) is 10.3. The number of hydrogen-bond donors (Lipinski definition) is 0. The maximum Gasteiger partial charge on any atom is 0.259 e. The third kappa shape index (κ3) is 3.81. The molecule has 1 aliphatic carbocycles. The third-order valence-electron chi connectivity index (χ3n) is 7.48. The lowest BCUT2D eigenvalue weighted by Crippen LogP contribution is -2.01. The lowest BCUT2D eigenvalue weighted by atomic mass is 10.0. The first-order chi connectivity index (χ1) is 18.9. The smallest absolute Gasteiger partial charge is 0.259 e. The van der Waals surface area contributed by atoms with Crippen LogP contribution in [0.25, 0.3) is 50.3 Å². The fourth-order valence-corrected chi connectivity index (χ4v) is 5.57. The highest BCUT2D eigenvalue weighted by atomic mass is 16.5. The van der Waals surface area contributed by atoms with Crippen molar-refractivity contribution in [1.29, 1.82) is 0 Å². The molecule has 0 saturated heterocycles. The maximum absolute atomic E-state index is 5.78. The molecule has 0 spiro atoms. The van der Waals surface area contributed by atoms with E-state index in [1.54, 1.807) is 4.68 Å². The quantitative estimate of drug-likeness (QED) is 0.295. The number of benzene rings is 1. The molecular weight excluding hydrogens is 490 g/mol. The molecule has 198 valence electrons. The van der Waals surface area contributed by atoms with E-state index in [2.05, 4.69) is 53.1 Å². The standard InChI is InChI=1S/C29H31N9O/c1-6-22-20(13-18-14-35(3)33-27(18)30-22)28-31-25(26(37(28)5)17-11-12-17)19-9-8-10-23-21(19)15-38(32-23)24-16-36(4)34-29(24)39-7-2/h8-10,13-17H,6-7,11-12H2,1-5H3. The molecule has 0 bridgehead atoms. The van der Waals surface area contributed by atoms with E-state index in [4.69, 9.17) is 19.8 Å². The Morgan fingerprint density at radius 2 is 1.74 bits per heavy atom. The van der Waals surface area contributed by atoms with E-state index in [0.29, 0.717) is 18.4 Å². The van der Waals surface area contributed by atoms with E-state index in [1.807, 2.05) is 48.8 Å². The molecule has 0 radical (unpaired) electrons. The molecule has 5 aromatic heterocycles. The summed E-state index contributed by atoms with van der Waals surface area (Å²) < 4.78 is 13.5. The van der Waals surface area contributed by atoms with Crippen molar-refractivity contribution >= 4 is 21.9 Å². The van der Waals surface area contributed by atoms with E-state index >= 15 is 0 Å². The number of hydrogen-bond acceptors (Lipinski definition) is 6. The molecule has 0 N–H and O–H groups in total. The molecule has 39 heavy (non-hydrogen) atoms. The predicted octanol–water partition coefficient (Wildman–Crippen LogP) is 4.95. The Labute approximate surface area is 225 Å². The van der Waals surface area contributed by atoms with Crippen molar-refractivity contribution in [2.75, 3.05) is 6.61 Å². The molecule has 5 heterocycles. The summed E-state index contributed by atoms with van der Waals surface area (Å²) in [6.45, 7) is 4.63. The molecule has 10 nitrogen and oxygen atoms in total. The number of aromatic nitrogens is 9. The van der Waals surface area contributed by atoms with Crippen LogP contribution in [0.3, 0.4) is 0 Å². The van der Waals surface area contributed by atoms with E-state index < -0.39 is 0 Å². The highest BCUT2D eigenvalue weighted by Gasteiger charge is 2.33. The number of fused-ring (bicyclic) bond motifs is 2. The van der Waals surface area contributed by atoms with Crippen molar-refractivity contribution in [2.45, 2.75) is 39.0 Å². The van der Waals surface area contributed by atoms with Gasteiger partial charge in [0.15, 0.2) is 5.65 Å². The zero-order chi connectivity index (χ0) is 26.8. The molecule has 0 atom stereocenters. The summed E-state index contributed by atoms with van der Waals surface area (Å²) in [7, 11) is 5.96. The third-order valence-corrected chi connectivity index (χ3v) is 7.48. The van der Waals surface area contributed by atoms with Crippen LogP contribution in [0.2, 0.25) is 0 Å². The van der Waals surface area contributed by atoms with Gasteiger partial charge in [-0.1, -0.05) is 19.1 Å². The average Bonchev–Trinajstić information content (AvgIpc) is 3.22. The Morgan fingerprint density at radius 1 is 0.923 bits per heavy atom. The minimum Gasteiger partial charge on any atom is -0.475 e. The Balaban J connectivity index is 1.42. The SMILES string of the molecule is CCOc1nn(C)cc1-n1cc2c(-c3nc(-c4cc5cn(C)nc5nc4CC)n(C)c3C3CC3)cccc2n1. The second-order valence-corrected chi connectivity index (χ2v) is 10.3. The van der Waals surface area contributed by atoms with Crippen molar-refractivity contribution < 1.29 is 4.74 Å². The average molecular weight is 522 g/mol. The van der Waals surface area contributed by atoms with E-state index in [1.165, 1.54) is 18.5 Å². The normalized spacial score (nSPS) is 13.7. The maximum atomic E-state index is 5.78. The van der Waals surface area contributed by atoms with Gasteiger partial charge < -0.3 is 9.30 Å². The number of nitrogens with zero attached hydrogens (tertiary/aromatic N) is 9. The van der Waals surface area contributed by atoms with Crippen LogP contribution in [0.4, 0.5) is 0 Å². The van der Waals surface area contributed by atoms with Crippen LogP contribution in [-0.4, -0.2) is 50.5 Å². The molecule has 10 heteroatoms. The van der Waals surface area contributed by atoms with E-state index in [9.17, 15) is 0 Å². The van der Waals surface area contributed by atoms with Crippen molar-refractivity contribution in [3.63, 3.8) is 0 Å². The molecule has 1 aromatic carbocycles. The van der Waals surface area contributed by atoms with Crippen LogP contribution in [-0.2, 0) is 27.6 Å². The van der Waals surface area contributed by atoms with Gasteiger partial charge in [-0.05, 0) is 38.3 Å². The molecule has 1 aliphatic rings. The van der Waals surface area contributed by atoms with Gasteiger partial charge in [0.1, 0.15) is 11.5 Å². The molecule has 0 amide bonds. The molecular formula is C29H31N9O. The van der Waals surface area contributed by atoms with Gasteiger partial charge >= 0.3 is 0 Å². The van der Waals surface area contributed by atoms with Gasteiger partial charge in [-0.15, -0.1) is 5.10 Å². The van der Waals surface area contributed by atoms with Crippen LogP contribution in [0, 0.1) is 0 Å². The number of ether oxygens (including phenoxy) is 1. The zero-order valence-electron chi connectivity index (χ0n) is 22.9. The summed E-state index contributed by atoms with van der Waals surface area (Å²) in [5.41, 5.74) is 7.93. The summed E-state index contributed by atoms with van der Waals surface area (Å²) in [5, 5.41) is 16.0. The minimum absolute atomic E-state index is 0.500. The lowest BCUT2D eigenvalue weighted by molar-refractivity contribution is 0.321. The Kier molecular flexibility index (Phi) is 5.33. The van der Waals surface area contributed by atoms with Gasteiger partial charge in [0.2, 0.25) is 0 Å². The van der Waals surface area contributed by atoms with Crippen molar-refractivity contribution in [2.24, 2.45) is 21.1 Å². The summed E-state index contributed by atoms with van der Waals surface area (Å²) in [4.78, 5) is 10.2. The topological polar surface area (TPSA) is 93.4 Å². The molecule has 6 aromatic rings. The van der Waals surface area contributed by atoms with Crippen molar-refractivity contribution in [1.82, 2.24) is 43.9 Å². The lowest BCUT2D eigenvalue weighted by Gasteiger charge is -2.09. The van der Waals surface area contributed by atoms with Gasteiger partial charge in [-0.25, -0.2) is 14.6 Å². The Hall–Kier alpha value is -4.47. The second kappa shape index (κ2) is 8.79. The largest absolute Gasteiger partial charge is 0.475 e. The number of imidazole rings is 1. The molecule has 0 unspecified atom stereocenters. The fourth-order valence-electron chi connectivity index (χ4n) is 5.57. The monoisotopic (exact) mass is 521 g/mol. The van der Waals surface area contributed by atoms with Gasteiger partial charge in [0, 0.05) is 67.0 Å². The highest BCUT2D eigenvalue weighted by molar-refractivity contribution is 5.95. The summed E-state index contributed by atoms with van der Waals surface area (Å²) in [5.74, 6) is 2.01.